The van der Waals surface area contributed by atoms with E-state index in [0.29, 0.717) is 26.8 Å². The van der Waals surface area contributed by atoms with Crippen LogP contribution in [-0.4, -0.2) is 9.55 Å². The number of imidazole rings is 1. The number of nitrogens with zero attached hydrogens (tertiary/aromatic N) is 2. The van der Waals surface area contributed by atoms with E-state index in [0.717, 1.165) is 0 Å². The fourth-order valence-electron chi connectivity index (χ4n) is 1.98. The Labute approximate surface area is 118 Å². The molecule has 0 radical (unpaired) electrons. The summed E-state index contributed by atoms with van der Waals surface area (Å²) in [4.78, 5) is 4.17. The number of anilines is 1. The van der Waals surface area contributed by atoms with Crippen LogP contribution in [-0.2, 0) is 0 Å². The number of aromatic nitrogens is 2. The van der Waals surface area contributed by atoms with Crippen molar-refractivity contribution in [3.8, 4) is 5.69 Å². The van der Waals surface area contributed by atoms with Crippen molar-refractivity contribution in [1.82, 2.24) is 9.55 Å². The topological polar surface area (TPSA) is 43.8 Å². The predicted octanol–water partition coefficient (Wildman–Crippen LogP) is 4.05. The fourth-order valence-corrected chi connectivity index (χ4v) is 2.35. The van der Waals surface area contributed by atoms with E-state index >= 15 is 0 Å². The second-order valence-corrected chi connectivity index (χ2v) is 4.88. The molecule has 0 fully saturated rings. The largest absolute Gasteiger partial charge is 0.369 e. The zero-order valence-electron chi connectivity index (χ0n) is 9.57. The summed E-state index contributed by atoms with van der Waals surface area (Å²) in [5, 5.41) is 0.969. The van der Waals surface area contributed by atoms with Gasteiger partial charge in [0.25, 0.3) is 0 Å². The van der Waals surface area contributed by atoms with Crippen LogP contribution >= 0.6 is 23.2 Å². The molecule has 0 aliphatic heterocycles. The Kier molecular flexibility index (Phi) is 2.84. The monoisotopic (exact) mass is 295 g/mol. The molecule has 2 aromatic carbocycles. The minimum absolute atomic E-state index is 0.227. The van der Waals surface area contributed by atoms with Gasteiger partial charge in [0.1, 0.15) is 5.82 Å². The third-order valence-electron chi connectivity index (χ3n) is 2.79. The first kappa shape index (κ1) is 12.3. The molecule has 3 nitrogen and oxygen atoms in total. The van der Waals surface area contributed by atoms with Crippen molar-refractivity contribution in [3.63, 3.8) is 0 Å². The molecule has 0 aliphatic rings. The first-order valence-corrected chi connectivity index (χ1v) is 6.21. The highest BCUT2D eigenvalue weighted by atomic mass is 35.5. The molecular formula is C13H8Cl2FN3. The van der Waals surface area contributed by atoms with Crippen molar-refractivity contribution >= 4 is 40.2 Å². The highest BCUT2D eigenvalue weighted by Crippen LogP contribution is 2.30. The molecular weight excluding hydrogens is 288 g/mol. The van der Waals surface area contributed by atoms with E-state index < -0.39 is 0 Å². The van der Waals surface area contributed by atoms with Crippen molar-refractivity contribution in [2.75, 3.05) is 5.73 Å². The summed E-state index contributed by atoms with van der Waals surface area (Å²) in [6, 6.07) is 9.24. The van der Waals surface area contributed by atoms with Gasteiger partial charge in [-0.3, -0.25) is 4.57 Å². The Morgan fingerprint density at radius 1 is 1.11 bits per heavy atom. The lowest BCUT2D eigenvalue weighted by atomic mass is 10.2. The zero-order chi connectivity index (χ0) is 13.6. The highest BCUT2D eigenvalue weighted by Gasteiger charge is 2.13. The molecule has 1 aromatic heterocycles. The predicted molar refractivity (Wildman–Crippen MR) is 75.5 cm³/mol. The van der Waals surface area contributed by atoms with E-state index in [1.807, 2.05) is 0 Å². The van der Waals surface area contributed by atoms with Crippen molar-refractivity contribution in [2.24, 2.45) is 0 Å². The first-order valence-electron chi connectivity index (χ1n) is 5.45. The van der Waals surface area contributed by atoms with Gasteiger partial charge in [-0.1, -0.05) is 23.2 Å². The number of nitrogens with two attached hydrogens (primary N) is 1. The van der Waals surface area contributed by atoms with Crippen LogP contribution in [0, 0.1) is 5.82 Å². The molecule has 0 saturated carbocycles. The maximum absolute atomic E-state index is 13.4. The van der Waals surface area contributed by atoms with Crippen LogP contribution in [0.25, 0.3) is 16.7 Å². The molecule has 0 unspecified atom stereocenters. The average Bonchev–Trinajstić information content (AvgIpc) is 2.68. The molecule has 6 heteroatoms. The summed E-state index contributed by atoms with van der Waals surface area (Å²) in [6.45, 7) is 0. The number of rotatable bonds is 1. The van der Waals surface area contributed by atoms with Crippen LogP contribution in [0.3, 0.4) is 0 Å². The SMILES string of the molecule is Nc1nc2ccc(F)cc2n1-c1cc(Cl)ccc1Cl. The number of hydrogen-bond donors (Lipinski definition) is 1. The summed E-state index contributed by atoms with van der Waals surface area (Å²) in [6.07, 6.45) is 0. The Morgan fingerprint density at radius 2 is 1.89 bits per heavy atom. The maximum atomic E-state index is 13.4. The summed E-state index contributed by atoms with van der Waals surface area (Å²) >= 11 is 12.1. The fraction of sp³-hybridized carbons (Fsp3) is 0. The highest BCUT2D eigenvalue weighted by molar-refractivity contribution is 6.34. The molecule has 3 rings (SSSR count). The molecule has 0 saturated heterocycles. The maximum Gasteiger partial charge on any atom is 0.205 e. The molecule has 0 bridgehead atoms. The number of benzene rings is 2. The quantitative estimate of drug-likeness (QED) is 0.736. The van der Waals surface area contributed by atoms with Gasteiger partial charge in [-0.15, -0.1) is 0 Å². The Balaban J connectivity index is 2.38. The summed E-state index contributed by atoms with van der Waals surface area (Å²) in [7, 11) is 0. The summed E-state index contributed by atoms with van der Waals surface area (Å²) in [5.74, 6) is -0.142. The molecule has 1 heterocycles. The smallest absolute Gasteiger partial charge is 0.205 e. The Bertz CT molecular complexity index is 783. The third-order valence-corrected chi connectivity index (χ3v) is 3.35. The van der Waals surface area contributed by atoms with Gasteiger partial charge in [0.2, 0.25) is 5.95 Å². The Morgan fingerprint density at radius 3 is 2.68 bits per heavy atom. The standard InChI is InChI=1S/C13H8Cl2FN3/c14-7-1-3-9(15)11(5-7)19-12-6-8(16)2-4-10(12)18-13(19)17/h1-6H,(H2,17,18). The molecule has 0 atom stereocenters. The van der Waals surface area contributed by atoms with Gasteiger partial charge in [-0.25, -0.2) is 9.37 Å². The Hall–Kier alpha value is -1.78. The minimum atomic E-state index is -0.369. The van der Waals surface area contributed by atoms with Crippen LogP contribution in [0.5, 0.6) is 0 Å². The molecule has 19 heavy (non-hydrogen) atoms. The molecule has 96 valence electrons. The van der Waals surface area contributed by atoms with E-state index in [-0.39, 0.29) is 11.8 Å². The number of nitrogen functional groups attached to an aromatic ring is 1. The van der Waals surface area contributed by atoms with E-state index in [4.69, 9.17) is 28.9 Å². The molecule has 0 aliphatic carbocycles. The van der Waals surface area contributed by atoms with Crippen molar-refractivity contribution in [2.45, 2.75) is 0 Å². The van der Waals surface area contributed by atoms with Crippen molar-refractivity contribution in [1.29, 1.82) is 0 Å². The number of fused-ring (bicyclic) bond motifs is 1. The van der Waals surface area contributed by atoms with E-state index in [9.17, 15) is 4.39 Å². The zero-order valence-corrected chi connectivity index (χ0v) is 11.1. The lowest BCUT2D eigenvalue weighted by Crippen LogP contribution is -2.01. The lowest BCUT2D eigenvalue weighted by Gasteiger charge is -2.09. The molecule has 0 spiro atoms. The van der Waals surface area contributed by atoms with E-state index in [2.05, 4.69) is 4.98 Å². The van der Waals surface area contributed by atoms with Gasteiger partial charge in [0.15, 0.2) is 0 Å². The summed E-state index contributed by atoms with van der Waals surface area (Å²) < 4.78 is 15.0. The third kappa shape index (κ3) is 2.03. The second-order valence-electron chi connectivity index (χ2n) is 4.03. The van der Waals surface area contributed by atoms with E-state index in [1.54, 1.807) is 28.8 Å². The first-order chi connectivity index (χ1) is 9.06. The van der Waals surface area contributed by atoms with Gasteiger partial charge < -0.3 is 5.73 Å². The van der Waals surface area contributed by atoms with Gasteiger partial charge in [-0.05, 0) is 30.3 Å². The number of hydrogen-bond acceptors (Lipinski definition) is 2. The van der Waals surface area contributed by atoms with Crippen LogP contribution < -0.4 is 5.73 Å². The number of halogens is 3. The van der Waals surface area contributed by atoms with Crippen LogP contribution in [0.4, 0.5) is 10.3 Å². The van der Waals surface area contributed by atoms with Crippen molar-refractivity contribution in [3.05, 3.63) is 52.3 Å². The van der Waals surface area contributed by atoms with Gasteiger partial charge in [0, 0.05) is 11.1 Å². The van der Waals surface area contributed by atoms with Gasteiger partial charge in [0.05, 0.1) is 21.7 Å². The second kappa shape index (κ2) is 4.40. The minimum Gasteiger partial charge on any atom is -0.369 e. The van der Waals surface area contributed by atoms with Crippen LogP contribution in [0.1, 0.15) is 0 Å². The van der Waals surface area contributed by atoms with Gasteiger partial charge >= 0.3 is 0 Å². The normalized spacial score (nSPS) is 11.1. The lowest BCUT2D eigenvalue weighted by molar-refractivity contribution is 0.629. The summed E-state index contributed by atoms with van der Waals surface area (Å²) in [5.41, 5.74) is 7.59. The average molecular weight is 296 g/mol. The van der Waals surface area contributed by atoms with E-state index in [1.165, 1.54) is 12.1 Å². The molecule has 2 N–H and O–H groups in total. The molecule has 0 amide bonds. The van der Waals surface area contributed by atoms with Crippen molar-refractivity contribution < 1.29 is 4.39 Å². The van der Waals surface area contributed by atoms with Crippen LogP contribution in [0.15, 0.2) is 36.4 Å². The van der Waals surface area contributed by atoms with Gasteiger partial charge in [-0.2, -0.15) is 0 Å². The van der Waals surface area contributed by atoms with Crippen LogP contribution in [0.2, 0.25) is 10.0 Å². The molecule has 3 aromatic rings.